The number of amides is 2. The molecule has 0 bridgehead atoms. The maximum absolute atomic E-state index is 12.4. The summed E-state index contributed by atoms with van der Waals surface area (Å²) in [4.78, 5) is 26.2. The van der Waals surface area contributed by atoms with Crippen molar-refractivity contribution in [1.29, 1.82) is 0 Å². The van der Waals surface area contributed by atoms with Gasteiger partial charge in [0.15, 0.2) is 6.61 Å². The number of rotatable bonds is 4. The smallest absolute Gasteiger partial charge is 0.265 e. The molecule has 5 nitrogen and oxygen atoms in total. The highest BCUT2D eigenvalue weighted by molar-refractivity contribution is 6.34. The molecule has 2 amide bonds. The molecule has 3 rings (SSSR count). The fraction of sp³-hybridized carbons (Fsp3) is 0.263. The zero-order valence-corrected chi connectivity index (χ0v) is 14.8. The van der Waals surface area contributed by atoms with Gasteiger partial charge in [0.05, 0.1) is 16.3 Å². The summed E-state index contributed by atoms with van der Waals surface area (Å²) in [5.74, 6) is 0.567. The highest BCUT2D eigenvalue weighted by Gasteiger charge is 2.26. The predicted molar refractivity (Wildman–Crippen MR) is 98.5 cm³/mol. The number of carbonyl (C=O) groups excluding carboxylic acids is 2. The van der Waals surface area contributed by atoms with Gasteiger partial charge in [-0.25, -0.2) is 0 Å². The lowest BCUT2D eigenvalue weighted by molar-refractivity contribution is -0.121. The van der Waals surface area contributed by atoms with E-state index in [0.29, 0.717) is 34.5 Å². The van der Waals surface area contributed by atoms with Gasteiger partial charge in [-0.2, -0.15) is 0 Å². The van der Waals surface area contributed by atoms with Gasteiger partial charge in [0.2, 0.25) is 0 Å². The van der Waals surface area contributed by atoms with Gasteiger partial charge in [-0.15, -0.1) is 0 Å². The number of carbonyl (C=O) groups is 2. The van der Waals surface area contributed by atoms with E-state index in [0.717, 1.165) is 5.69 Å². The van der Waals surface area contributed by atoms with E-state index in [1.165, 1.54) is 0 Å². The lowest BCUT2D eigenvalue weighted by Crippen LogP contribution is -2.40. The Hall–Kier alpha value is -2.53. The first kappa shape index (κ1) is 17.3. The van der Waals surface area contributed by atoms with Gasteiger partial charge in [0, 0.05) is 18.3 Å². The Morgan fingerprint density at radius 3 is 2.76 bits per heavy atom. The van der Waals surface area contributed by atoms with Crippen molar-refractivity contribution in [1.82, 2.24) is 0 Å². The molecule has 0 radical (unpaired) electrons. The Balaban J connectivity index is 1.83. The summed E-state index contributed by atoms with van der Waals surface area (Å²) in [6, 6.07) is 12.1. The van der Waals surface area contributed by atoms with Crippen molar-refractivity contribution in [3.63, 3.8) is 0 Å². The molecule has 0 saturated carbocycles. The highest BCUT2D eigenvalue weighted by atomic mass is 35.5. The zero-order chi connectivity index (χ0) is 18.0. The molecule has 0 saturated heterocycles. The van der Waals surface area contributed by atoms with Crippen molar-refractivity contribution in [3.8, 4) is 5.75 Å². The van der Waals surface area contributed by atoms with Crippen LogP contribution in [-0.4, -0.2) is 25.0 Å². The van der Waals surface area contributed by atoms with Crippen LogP contribution >= 0.6 is 11.6 Å². The molecular weight excluding hydrogens is 340 g/mol. The highest BCUT2D eigenvalue weighted by Crippen LogP contribution is 2.35. The number of anilines is 2. The second-order valence-electron chi connectivity index (χ2n) is 6.30. The first-order valence-electron chi connectivity index (χ1n) is 8.09. The Kier molecular flexibility index (Phi) is 4.95. The van der Waals surface area contributed by atoms with E-state index < -0.39 is 0 Å². The van der Waals surface area contributed by atoms with E-state index in [9.17, 15) is 9.59 Å². The fourth-order valence-corrected chi connectivity index (χ4v) is 2.91. The molecule has 1 aliphatic rings. The summed E-state index contributed by atoms with van der Waals surface area (Å²) >= 11 is 6.05. The number of nitrogens with one attached hydrogen (secondary N) is 1. The second kappa shape index (κ2) is 7.15. The standard InChI is InChI=1S/C19H19ClN2O3/c1-12(2)10-22-16-8-7-13(9-17(16)25-11-18(22)23)21-19(24)14-5-3-4-6-15(14)20/h3-9,12H,10-11H2,1-2H3,(H,21,24). The normalized spacial score (nSPS) is 13.4. The van der Waals surface area contributed by atoms with Crippen LogP contribution in [0.2, 0.25) is 5.02 Å². The van der Waals surface area contributed by atoms with Crippen molar-refractivity contribution < 1.29 is 14.3 Å². The summed E-state index contributed by atoms with van der Waals surface area (Å²) in [5.41, 5.74) is 1.71. The van der Waals surface area contributed by atoms with Gasteiger partial charge in [0.25, 0.3) is 11.8 Å². The monoisotopic (exact) mass is 358 g/mol. The Labute approximate surface area is 151 Å². The van der Waals surface area contributed by atoms with Crippen LogP contribution < -0.4 is 15.0 Å². The number of hydrogen-bond donors (Lipinski definition) is 1. The van der Waals surface area contributed by atoms with E-state index in [-0.39, 0.29) is 18.4 Å². The number of fused-ring (bicyclic) bond motifs is 1. The van der Waals surface area contributed by atoms with Crippen molar-refractivity contribution in [2.24, 2.45) is 5.92 Å². The van der Waals surface area contributed by atoms with Gasteiger partial charge in [-0.3, -0.25) is 9.59 Å². The van der Waals surface area contributed by atoms with Gasteiger partial charge in [-0.05, 0) is 30.2 Å². The van der Waals surface area contributed by atoms with Crippen LogP contribution in [0.15, 0.2) is 42.5 Å². The molecule has 0 atom stereocenters. The van der Waals surface area contributed by atoms with Crippen LogP contribution in [0, 0.1) is 5.92 Å². The molecule has 0 aromatic heterocycles. The lowest BCUT2D eigenvalue weighted by Gasteiger charge is -2.31. The SMILES string of the molecule is CC(C)CN1C(=O)COc2cc(NC(=O)c3ccccc3Cl)ccc21. The van der Waals surface area contributed by atoms with E-state index in [1.54, 1.807) is 47.4 Å². The third kappa shape index (κ3) is 3.77. The number of nitrogens with zero attached hydrogens (tertiary/aromatic N) is 1. The number of hydrogen-bond acceptors (Lipinski definition) is 3. The zero-order valence-electron chi connectivity index (χ0n) is 14.1. The minimum Gasteiger partial charge on any atom is -0.481 e. The second-order valence-corrected chi connectivity index (χ2v) is 6.71. The average molecular weight is 359 g/mol. The van der Waals surface area contributed by atoms with Crippen LogP contribution in [0.3, 0.4) is 0 Å². The molecule has 130 valence electrons. The van der Waals surface area contributed by atoms with Crippen molar-refractivity contribution >= 4 is 34.8 Å². The summed E-state index contributed by atoms with van der Waals surface area (Å²) in [5, 5.41) is 3.20. The molecule has 25 heavy (non-hydrogen) atoms. The molecular formula is C19H19ClN2O3. The minimum absolute atomic E-state index is 0.00162. The third-order valence-corrected chi connectivity index (χ3v) is 4.16. The summed E-state index contributed by atoms with van der Waals surface area (Å²) in [7, 11) is 0. The van der Waals surface area contributed by atoms with Crippen LogP contribution in [-0.2, 0) is 4.79 Å². The number of halogens is 1. The number of benzene rings is 2. The summed E-state index contributed by atoms with van der Waals surface area (Å²) < 4.78 is 5.53. The molecule has 2 aromatic rings. The van der Waals surface area contributed by atoms with E-state index in [1.807, 2.05) is 0 Å². The van der Waals surface area contributed by atoms with Crippen molar-refractivity contribution in [3.05, 3.63) is 53.1 Å². The molecule has 1 N–H and O–H groups in total. The van der Waals surface area contributed by atoms with Gasteiger partial charge in [-0.1, -0.05) is 37.6 Å². The number of ether oxygens (including phenoxy) is 1. The topological polar surface area (TPSA) is 58.6 Å². The summed E-state index contributed by atoms with van der Waals surface area (Å²) in [6.45, 7) is 4.74. The first-order valence-corrected chi connectivity index (χ1v) is 8.46. The molecule has 0 spiro atoms. The minimum atomic E-state index is -0.295. The van der Waals surface area contributed by atoms with Crippen LogP contribution in [0.4, 0.5) is 11.4 Å². The van der Waals surface area contributed by atoms with E-state index in [2.05, 4.69) is 19.2 Å². The summed E-state index contributed by atoms with van der Waals surface area (Å²) in [6.07, 6.45) is 0. The average Bonchev–Trinajstić information content (AvgIpc) is 2.57. The Bertz CT molecular complexity index is 820. The lowest BCUT2D eigenvalue weighted by atomic mass is 10.1. The van der Waals surface area contributed by atoms with Crippen molar-refractivity contribution in [2.45, 2.75) is 13.8 Å². The molecule has 6 heteroatoms. The molecule has 1 aliphatic heterocycles. The van der Waals surface area contributed by atoms with Crippen LogP contribution in [0.25, 0.3) is 0 Å². The Morgan fingerprint density at radius 1 is 1.28 bits per heavy atom. The first-order chi connectivity index (χ1) is 12.0. The maximum atomic E-state index is 12.4. The molecule has 0 aliphatic carbocycles. The molecule has 2 aromatic carbocycles. The van der Waals surface area contributed by atoms with Gasteiger partial charge in [0.1, 0.15) is 5.75 Å². The third-order valence-electron chi connectivity index (χ3n) is 3.83. The van der Waals surface area contributed by atoms with Crippen LogP contribution in [0.1, 0.15) is 24.2 Å². The van der Waals surface area contributed by atoms with E-state index >= 15 is 0 Å². The predicted octanol–water partition coefficient (Wildman–Crippen LogP) is 3.97. The van der Waals surface area contributed by atoms with E-state index in [4.69, 9.17) is 16.3 Å². The van der Waals surface area contributed by atoms with Crippen molar-refractivity contribution in [2.75, 3.05) is 23.4 Å². The largest absolute Gasteiger partial charge is 0.481 e. The maximum Gasteiger partial charge on any atom is 0.265 e. The van der Waals surface area contributed by atoms with Gasteiger partial charge >= 0.3 is 0 Å². The Morgan fingerprint density at radius 2 is 2.04 bits per heavy atom. The molecule has 1 heterocycles. The molecule has 0 unspecified atom stereocenters. The molecule has 0 fully saturated rings. The van der Waals surface area contributed by atoms with Crippen LogP contribution in [0.5, 0.6) is 5.75 Å². The van der Waals surface area contributed by atoms with Gasteiger partial charge < -0.3 is 15.0 Å². The fourth-order valence-electron chi connectivity index (χ4n) is 2.69. The quantitative estimate of drug-likeness (QED) is 0.899.